The van der Waals surface area contributed by atoms with Gasteiger partial charge in [-0.15, -0.1) is 10.2 Å². The standard InChI is InChI=1S/C14H25N3OS/c1-12(2,3)10-15-16-11(19-10)17-8-13(4,5)18-14(6,7)9-17/h8-9H2,1-7H3. The Hall–Kier alpha value is -0.680. The van der Waals surface area contributed by atoms with Crippen LogP contribution in [0, 0.1) is 0 Å². The lowest BCUT2D eigenvalue weighted by Gasteiger charge is -2.46. The van der Waals surface area contributed by atoms with Gasteiger partial charge in [0, 0.05) is 18.5 Å². The van der Waals surface area contributed by atoms with Crippen LogP contribution in [0.15, 0.2) is 0 Å². The van der Waals surface area contributed by atoms with Crippen molar-refractivity contribution < 1.29 is 4.74 Å². The normalized spacial score (nSPS) is 22.6. The van der Waals surface area contributed by atoms with Gasteiger partial charge in [0.1, 0.15) is 5.01 Å². The molecule has 1 aromatic heterocycles. The molecule has 4 nitrogen and oxygen atoms in total. The van der Waals surface area contributed by atoms with Gasteiger partial charge >= 0.3 is 0 Å². The van der Waals surface area contributed by atoms with E-state index in [0.717, 1.165) is 23.2 Å². The molecular formula is C14H25N3OS. The Bertz CT molecular complexity index is 444. The van der Waals surface area contributed by atoms with Crippen LogP contribution in [-0.2, 0) is 10.2 Å². The average Bonchev–Trinajstić information content (AvgIpc) is 2.59. The van der Waals surface area contributed by atoms with Gasteiger partial charge in [0.2, 0.25) is 5.13 Å². The molecule has 0 N–H and O–H groups in total. The fourth-order valence-corrected chi connectivity index (χ4v) is 3.47. The van der Waals surface area contributed by atoms with Gasteiger partial charge in [-0.3, -0.25) is 0 Å². The van der Waals surface area contributed by atoms with Crippen LogP contribution in [0.3, 0.4) is 0 Å². The first kappa shape index (κ1) is 14.7. The van der Waals surface area contributed by atoms with E-state index in [1.165, 1.54) is 0 Å². The van der Waals surface area contributed by atoms with E-state index < -0.39 is 0 Å². The Kier molecular flexibility index (Phi) is 3.42. The van der Waals surface area contributed by atoms with Crippen molar-refractivity contribution in [2.45, 2.75) is 65.1 Å². The van der Waals surface area contributed by atoms with Crippen LogP contribution in [0.4, 0.5) is 5.13 Å². The van der Waals surface area contributed by atoms with E-state index in [1.54, 1.807) is 11.3 Å². The molecule has 0 radical (unpaired) electrons. The van der Waals surface area contributed by atoms with Gasteiger partial charge in [0.15, 0.2) is 0 Å². The van der Waals surface area contributed by atoms with E-state index in [0.29, 0.717) is 0 Å². The van der Waals surface area contributed by atoms with Gasteiger partial charge in [-0.25, -0.2) is 0 Å². The molecule has 2 heterocycles. The smallest absolute Gasteiger partial charge is 0.208 e. The highest BCUT2D eigenvalue weighted by Gasteiger charge is 2.39. The highest BCUT2D eigenvalue weighted by Crippen LogP contribution is 2.35. The fraction of sp³-hybridized carbons (Fsp3) is 0.857. The summed E-state index contributed by atoms with van der Waals surface area (Å²) in [5, 5.41) is 10.8. The number of rotatable bonds is 1. The van der Waals surface area contributed by atoms with Gasteiger partial charge in [-0.05, 0) is 27.7 Å². The number of ether oxygens (including phenoxy) is 1. The van der Waals surface area contributed by atoms with E-state index >= 15 is 0 Å². The minimum absolute atomic E-state index is 0.0627. The lowest BCUT2D eigenvalue weighted by atomic mass is 9.98. The second-order valence-corrected chi connectivity index (χ2v) is 8.57. The Balaban J connectivity index is 2.24. The number of hydrogen-bond acceptors (Lipinski definition) is 5. The molecule has 0 spiro atoms. The van der Waals surface area contributed by atoms with Crippen LogP contribution in [0.2, 0.25) is 0 Å². The maximum atomic E-state index is 6.10. The third-order valence-corrected chi connectivity index (χ3v) is 4.43. The molecule has 0 aromatic carbocycles. The Morgan fingerprint density at radius 3 is 2.00 bits per heavy atom. The first-order valence-electron chi connectivity index (χ1n) is 6.78. The monoisotopic (exact) mass is 283 g/mol. The summed E-state index contributed by atoms with van der Waals surface area (Å²) in [4.78, 5) is 2.30. The highest BCUT2D eigenvalue weighted by molar-refractivity contribution is 7.15. The van der Waals surface area contributed by atoms with Gasteiger partial charge in [0.25, 0.3) is 0 Å². The molecule has 0 atom stereocenters. The summed E-state index contributed by atoms with van der Waals surface area (Å²) in [7, 11) is 0. The summed E-state index contributed by atoms with van der Waals surface area (Å²) < 4.78 is 6.10. The van der Waals surface area contributed by atoms with E-state index in [1.807, 2.05) is 0 Å². The predicted octanol–water partition coefficient (Wildman–Crippen LogP) is 3.23. The van der Waals surface area contributed by atoms with Crippen LogP contribution in [0.25, 0.3) is 0 Å². The van der Waals surface area contributed by atoms with Crippen molar-refractivity contribution in [2.24, 2.45) is 0 Å². The zero-order valence-electron chi connectivity index (χ0n) is 13.1. The summed E-state index contributed by atoms with van der Waals surface area (Å²) in [6, 6.07) is 0. The number of morpholine rings is 1. The minimum atomic E-state index is -0.157. The molecule has 108 valence electrons. The molecule has 2 rings (SSSR count). The molecule has 0 aliphatic carbocycles. The van der Waals surface area contributed by atoms with Gasteiger partial charge in [0.05, 0.1) is 11.2 Å². The molecule has 1 fully saturated rings. The van der Waals surface area contributed by atoms with Crippen LogP contribution in [-0.4, -0.2) is 34.5 Å². The van der Waals surface area contributed by atoms with E-state index in [2.05, 4.69) is 63.6 Å². The van der Waals surface area contributed by atoms with Crippen molar-refractivity contribution in [1.82, 2.24) is 10.2 Å². The summed E-state index contributed by atoms with van der Waals surface area (Å²) >= 11 is 1.70. The summed E-state index contributed by atoms with van der Waals surface area (Å²) in [6.45, 7) is 16.8. The maximum Gasteiger partial charge on any atom is 0.208 e. The highest BCUT2D eigenvalue weighted by atomic mass is 32.1. The Morgan fingerprint density at radius 2 is 1.58 bits per heavy atom. The number of nitrogens with zero attached hydrogens (tertiary/aromatic N) is 3. The second kappa shape index (κ2) is 4.42. The average molecular weight is 283 g/mol. The van der Waals surface area contributed by atoms with E-state index in [-0.39, 0.29) is 16.6 Å². The van der Waals surface area contributed by atoms with Crippen molar-refractivity contribution in [1.29, 1.82) is 0 Å². The largest absolute Gasteiger partial charge is 0.366 e. The zero-order valence-corrected chi connectivity index (χ0v) is 13.9. The summed E-state index contributed by atoms with van der Waals surface area (Å²) in [6.07, 6.45) is 0. The Labute approximate surface area is 120 Å². The van der Waals surface area contributed by atoms with Crippen molar-refractivity contribution >= 4 is 16.5 Å². The molecule has 0 bridgehead atoms. The Morgan fingerprint density at radius 1 is 1.05 bits per heavy atom. The molecule has 1 aliphatic rings. The minimum Gasteiger partial charge on any atom is -0.366 e. The third kappa shape index (κ3) is 3.45. The van der Waals surface area contributed by atoms with Crippen molar-refractivity contribution in [3.05, 3.63) is 5.01 Å². The predicted molar refractivity (Wildman–Crippen MR) is 80.1 cm³/mol. The van der Waals surface area contributed by atoms with Gasteiger partial charge in [-0.2, -0.15) is 0 Å². The maximum absolute atomic E-state index is 6.10. The quantitative estimate of drug-likeness (QED) is 0.793. The first-order chi connectivity index (χ1) is 8.49. The fourth-order valence-electron chi connectivity index (χ4n) is 2.57. The van der Waals surface area contributed by atoms with E-state index in [4.69, 9.17) is 4.74 Å². The molecule has 0 unspecified atom stereocenters. The lowest BCUT2D eigenvalue weighted by Crippen LogP contribution is -2.57. The van der Waals surface area contributed by atoms with Crippen LogP contribution in [0.1, 0.15) is 53.5 Å². The van der Waals surface area contributed by atoms with Crippen molar-refractivity contribution in [3.8, 4) is 0 Å². The molecule has 1 aromatic rings. The lowest BCUT2D eigenvalue weighted by molar-refractivity contribution is -0.133. The topological polar surface area (TPSA) is 38.2 Å². The molecule has 1 aliphatic heterocycles. The molecule has 5 heteroatoms. The molecule has 1 saturated heterocycles. The number of anilines is 1. The van der Waals surface area contributed by atoms with E-state index in [9.17, 15) is 0 Å². The van der Waals surface area contributed by atoms with Gasteiger partial charge in [-0.1, -0.05) is 32.1 Å². The molecule has 0 amide bonds. The van der Waals surface area contributed by atoms with Crippen molar-refractivity contribution in [2.75, 3.05) is 18.0 Å². The second-order valence-electron chi connectivity index (χ2n) is 7.62. The SMILES string of the molecule is CC1(C)CN(c2nnc(C(C)(C)C)s2)CC(C)(C)O1. The van der Waals surface area contributed by atoms with Crippen LogP contribution >= 0.6 is 11.3 Å². The molecule has 0 saturated carbocycles. The van der Waals surface area contributed by atoms with Crippen LogP contribution < -0.4 is 4.90 Å². The summed E-state index contributed by atoms with van der Waals surface area (Å²) in [5.74, 6) is 0. The third-order valence-electron chi connectivity index (χ3n) is 3.02. The van der Waals surface area contributed by atoms with Crippen molar-refractivity contribution in [3.63, 3.8) is 0 Å². The van der Waals surface area contributed by atoms with Crippen LogP contribution in [0.5, 0.6) is 0 Å². The molecular weight excluding hydrogens is 258 g/mol. The molecule has 19 heavy (non-hydrogen) atoms. The number of aromatic nitrogens is 2. The zero-order chi connectivity index (χ0) is 14.5. The van der Waals surface area contributed by atoms with Gasteiger partial charge < -0.3 is 9.64 Å². The first-order valence-corrected chi connectivity index (χ1v) is 7.59. The number of hydrogen-bond donors (Lipinski definition) is 0. The summed E-state index contributed by atoms with van der Waals surface area (Å²) in [5.41, 5.74) is -0.252.